The Morgan fingerprint density at radius 3 is 2.55 bits per heavy atom. The zero-order valence-corrected chi connectivity index (χ0v) is 12.6. The minimum absolute atomic E-state index is 0.0721. The quantitative estimate of drug-likeness (QED) is 0.704. The molecule has 0 aliphatic carbocycles. The highest BCUT2D eigenvalue weighted by molar-refractivity contribution is 5.88. The number of hydrogen-bond donors (Lipinski definition) is 1. The highest BCUT2D eigenvalue weighted by atomic mass is 16.5. The molecule has 1 N–H and O–H groups in total. The van der Waals surface area contributed by atoms with Gasteiger partial charge in [0, 0.05) is 32.2 Å². The standard InChI is InChI=1S/C16H25NO3/c1-4-13(2)12-19-10-5-11-20-16-8-6-15(7-9-16)17-14(3)18/h6-9,13H,4-5,10-12H2,1-3H3,(H,17,18)/t13-/m0/s1. The number of carbonyl (C=O) groups excluding carboxylic acids is 1. The second-order valence-electron chi connectivity index (χ2n) is 5.00. The van der Waals surface area contributed by atoms with Crippen molar-refractivity contribution in [3.05, 3.63) is 24.3 Å². The van der Waals surface area contributed by atoms with Crippen molar-refractivity contribution >= 4 is 11.6 Å². The molecule has 4 nitrogen and oxygen atoms in total. The molecule has 0 bridgehead atoms. The molecule has 1 aromatic rings. The summed E-state index contributed by atoms with van der Waals surface area (Å²) in [5, 5.41) is 2.72. The van der Waals surface area contributed by atoms with Crippen LogP contribution in [0.25, 0.3) is 0 Å². The first kappa shape index (κ1) is 16.5. The maximum absolute atomic E-state index is 10.9. The van der Waals surface area contributed by atoms with E-state index in [0.29, 0.717) is 12.5 Å². The maximum atomic E-state index is 10.9. The Hall–Kier alpha value is -1.55. The Balaban J connectivity index is 2.14. The summed E-state index contributed by atoms with van der Waals surface area (Å²) in [6.45, 7) is 8.04. The first-order chi connectivity index (χ1) is 9.61. The van der Waals surface area contributed by atoms with Crippen LogP contribution in [0, 0.1) is 5.92 Å². The minimum atomic E-state index is -0.0721. The predicted octanol–water partition coefficient (Wildman–Crippen LogP) is 3.48. The van der Waals surface area contributed by atoms with E-state index in [1.807, 2.05) is 24.3 Å². The summed E-state index contributed by atoms with van der Waals surface area (Å²) in [4.78, 5) is 10.9. The van der Waals surface area contributed by atoms with E-state index in [2.05, 4.69) is 19.2 Å². The predicted molar refractivity (Wildman–Crippen MR) is 81.1 cm³/mol. The number of amides is 1. The van der Waals surface area contributed by atoms with Crippen LogP contribution in [0.15, 0.2) is 24.3 Å². The van der Waals surface area contributed by atoms with E-state index >= 15 is 0 Å². The number of hydrogen-bond acceptors (Lipinski definition) is 3. The van der Waals surface area contributed by atoms with Crippen molar-refractivity contribution in [2.45, 2.75) is 33.6 Å². The van der Waals surface area contributed by atoms with Gasteiger partial charge in [0.05, 0.1) is 6.61 Å². The van der Waals surface area contributed by atoms with Gasteiger partial charge in [-0.15, -0.1) is 0 Å². The van der Waals surface area contributed by atoms with Gasteiger partial charge in [-0.2, -0.15) is 0 Å². The Kier molecular flexibility index (Phi) is 7.73. The van der Waals surface area contributed by atoms with Crippen molar-refractivity contribution in [3.63, 3.8) is 0 Å². The van der Waals surface area contributed by atoms with E-state index in [0.717, 1.165) is 37.5 Å². The van der Waals surface area contributed by atoms with Gasteiger partial charge in [0.1, 0.15) is 5.75 Å². The monoisotopic (exact) mass is 279 g/mol. The molecule has 112 valence electrons. The van der Waals surface area contributed by atoms with Gasteiger partial charge in [-0.3, -0.25) is 4.79 Å². The summed E-state index contributed by atoms with van der Waals surface area (Å²) in [5.74, 6) is 1.36. The molecule has 1 aromatic carbocycles. The molecule has 0 fully saturated rings. The summed E-state index contributed by atoms with van der Waals surface area (Å²) in [6, 6.07) is 7.36. The van der Waals surface area contributed by atoms with Crippen molar-refractivity contribution < 1.29 is 14.3 Å². The van der Waals surface area contributed by atoms with E-state index in [-0.39, 0.29) is 5.91 Å². The topological polar surface area (TPSA) is 47.6 Å². The van der Waals surface area contributed by atoms with Crippen molar-refractivity contribution in [1.82, 2.24) is 0 Å². The first-order valence-corrected chi connectivity index (χ1v) is 7.20. The van der Waals surface area contributed by atoms with Gasteiger partial charge < -0.3 is 14.8 Å². The largest absolute Gasteiger partial charge is 0.494 e. The molecule has 4 heteroatoms. The van der Waals surface area contributed by atoms with Gasteiger partial charge in [-0.05, 0) is 30.2 Å². The smallest absolute Gasteiger partial charge is 0.221 e. The van der Waals surface area contributed by atoms with E-state index in [1.165, 1.54) is 6.92 Å². The maximum Gasteiger partial charge on any atom is 0.221 e. The molecule has 0 radical (unpaired) electrons. The third kappa shape index (κ3) is 7.14. The second-order valence-corrected chi connectivity index (χ2v) is 5.00. The second kappa shape index (κ2) is 9.37. The van der Waals surface area contributed by atoms with E-state index in [1.54, 1.807) is 0 Å². The van der Waals surface area contributed by atoms with Crippen molar-refractivity contribution in [3.8, 4) is 5.75 Å². The number of carbonyl (C=O) groups is 1. The van der Waals surface area contributed by atoms with Crippen molar-refractivity contribution in [2.24, 2.45) is 5.92 Å². The van der Waals surface area contributed by atoms with Crippen LogP contribution in [0.4, 0.5) is 5.69 Å². The van der Waals surface area contributed by atoms with Crippen LogP contribution >= 0.6 is 0 Å². The summed E-state index contributed by atoms with van der Waals surface area (Å²) >= 11 is 0. The molecular weight excluding hydrogens is 254 g/mol. The summed E-state index contributed by atoms with van der Waals surface area (Å²) in [6.07, 6.45) is 2.03. The molecule has 1 amide bonds. The zero-order valence-electron chi connectivity index (χ0n) is 12.6. The average molecular weight is 279 g/mol. The Morgan fingerprint density at radius 1 is 1.25 bits per heavy atom. The molecule has 0 heterocycles. The van der Waals surface area contributed by atoms with Crippen LogP contribution in [0.2, 0.25) is 0 Å². The lowest BCUT2D eigenvalue weighted by atomic mass is 10.1. The normalized spacial score (nSPS) is 11.9. The minimum Gasteiger partial charge on any atom is -0.494 e. The van der Waals surface area contributed by atoms with Crippen molar-refractivity contribution in [1.29, 1.82) is 0 Å². The Labute approximate surface area is 121 Å². The van der Waals surface area contributed by atoms with Crippen LogP contribution in [0.1, 0.15) is 33.6 Å². The number of anilines is 1. The zero-order chi connectivity index (χ0) is 14.8. The van der Waals surface area contributed by atoms with Gasteiger partial charge in [-0.25, -0.2) is 0 Å². The third-order valence-corrected chi connectivity index (χ3v) is 2.98. The van der Waals surface area contributed by atoms with E-state index in [9.17, 15) is 4.79 Å². The van der Waals surface area contributed by atoms with Crippen LogP contribution in [-0.4, -0.2) is 25.7 Å². The van der Waals surface area contributed by atoms with Crippen molar-refractivity contribution in [2.75, 3.05) is 25.1 Å². The number of ether oxygens (including phenoxy) is 2. The molecule has 0 saturated heterocycles. The molecule has 0 saturated carbocycles. The first-order valence-electron chi connectivity index (χ1n) is 7.20. The van der Waals surface area contributed by atoms with Gasteiger partial charge in [-0.1, -0.05) is 20.3 Å². The number of benzene rings is 1. The average Bonchev–Trinajstić information content (AvgIpc) is 2.43. The number of nitrogens with one attached hydrogen (secondary N) is 1. The van der Waals surface area contributed by atoms with Crippen LogP contribution in [0.5, 0.6) is 5.75 Å². The SMILES string of the molecule is CC[C@H](C)COCCCOc1ccc(NC(C)=O)cc1. The lowest BCUT2D eigenvalue weighted by molar-refractivity contribution is -0.114. The molecule has 20 heavy (non-hydrogen) atoms. The molecular formula is C16H25NO3. The molecule has 0 aliphatic heterocycles. The number of rotatable bonds is 9. The Bertz CT molecular complexity index is 389. The molecule has 0 spiro atoms. The van der Waals surface area contributed by atoms with Gasteiger partial charge in [0.25, 0.3) is 0 Å². The fraction of sp³-hybridized carbons (Fsp3) is 0.562. The van der Waals surface area contributed by atoms with Crippen LogP contribution in [-0.2, 0) is 9.53 Å². The summed E-state index contributed by atoms with van der Waals surface area (Å²) in [7, 11) is 0. The highest BCUT2D eigenvalue weighted by Gasteiger charge is 1.99. The van der Waals surface area contributed by atoms with Gasteiger partial charge in [0.2, 0.25) is 5.91 Å². The summed E-state index contributed by atoms with van der Waals surface area (Å²) in [5.41, 5.74) is 0.779. The van der Waals surface area contributed by atoms with Gasteiger partial charge >= 0.3 is 0 Å². The lowest BCUT2D eigenvalue weighted by Gasteiger charge is -2.10. The fourth-order valence-corrected chi connectivity index (χ4v) is 1.59. The van der Waals surface area contributed by atoms with Crippen LogP contribution < -0.4 is 10.1 Å². The van der Waals surface area contributed by atoms with E-state index in [4.69, 9.17) is 9.47 Å². The molecule has 1 rings (SSSR count). The van der Waals surface area contributed by atoms with Crippen LogP contribution in [0.3, 0.4) is 0 Å². The highest BCUT2D eigenvalue weighted by Crippen LogP contribution is 2.15. The molecule has 0 aliphatic rings. The Morgan fingerprint density at radius 2 is 1.95 bits per heavy atom. The molecule has 0 aromatic heterocycles. The lowest BCUT2D eigenvalue weighted by Crippen LogP contribution is -2.08. The fourth-order valence-electron chi connectivity index (χ4n) is 1.59. The third-order valence-electron chi connectivity index (χ3n) is 2.98. The van der Waals surface area contributed by atoms with Gasteiger partial charge in [0.15, 0.2) is 0 Å². The van der Waals surface area contributed by atoms with E-state index < -0.39 is 0 Å². The summed E-state index contributed by atoms with van der Waals surface area (Å²) < 4.78 is 11.2. The molecule has 1 atom stereocenters. The molecule has 0 unspecified atom stereocenters.